The van der Waals surface area contributed by atoms with E-state index in [0.717, 1.165) is 6.42 Å². The summed E-state index contributed by atoms with van der Waals surface area (Å²) >= 11 is 0. The van der Waals surface area contributed by atoms with Crippen LogP contribution < -0.4 is 5.32 Å². The molecule has 3 aromatic rings. The highest BCUT2D eigenvalue weighted by Crippen LogP contribution is 2.28. The Bertz CT molecular complexity index is 1080. The van der Waals surface area contributed by atoms with Crippen LogP contribution in [0.5, 0.6) is 0 Å². The number of nitrogens with zero attached hydrogens (tertiary/aromatic N) is 1. The highest BCUT2D eigenvalue weighted by Gasteiger charge is 2.21. The third kappa shape index (κ3) is 6.82. The molecule has 0 aliphatic carbocycles. The third-order valence-corrected chi connectivity index (χ3v) is 5.41. The van der Waals surface area contributed by atoms with Gasteiger partial charge in [-0.25, -0.2) is 4.79 Å². The van der Waals surface area contributed by atoms with Gasteiger partial charge in [-0.1, -0.05) is 54.6 Å². The molecule has 0 saturated carbocycles. The van der Waals surface area contributed by atoms with E-state index in [4.69, 9.17) is 4.74 Å². The minimum Gasteiger partial charge on any atom is -0.444 e. The molecule has 0 atom stereocenters. The van der Waals surface area contributed by atoms with Crippen molar-refractivity contribution in [3.05, 3.63) is 72.8 Å². The Morgan fingerprint density at radius 3 is 2.21 bits per heavy atom. The fourth-order valence-corrected chi connectivity index (χ4v) is 3.96. The number of hydrogen-bond donors (Lipinski definition) is 1. The van der Waals surface area contributed by atoms with Gasteiger partial charge in [0.05, 0.1) is 0 Å². The summed E-state index contributed by atoms with van der Waals surface area (Å²) in [5.41, 5.74) is 0.700. The zero-order valence-electron chi connectivity index (χ0n) is 19.9. The van der Waals surface area contributed by atoms with Crippen LogP contribution in [0.15, 0.2) is 67.3 Å². The van der Waals surface area contributed by atoms with E-state index >= 15 is 0 Å². The van der Waals surface area contributed by atoms with Gasteiger partial charge in [0.15, 0.2) is 0 Å². The Morgan fingerprint density at radius 1 is 1.03 bits per heavy atom. The molecule has 5 heteroatoms. The zero-order valence-corrected chi connectivity index (χ0v) is 19.9. The van der Waals surface area contributed by atoms with Gasteiger partial charge in [-0.2, -0.15) is 0 Å². The summed E-state index contributed by atoms with van der Waals surface area (Å²) in [5.74, 6) is -0.0118. The van der Waals surface area contributed by atoms with Crippen LogP contribution in [0.25, 0.3) is 21.5 Å². The number of carbonyl (C=O) groups excluding carboxylic acids is 2. The number of amides is 2. The van der Waals surface area contributed by atoms with Crippen LogP contribution in [0, 0.1) is 0 Å². The van der Waals surface area contributed by atoms with Crippen LogP contribution in [-0.4, -0.2) is 42.1 Å². The van der Waals surface area contributed by atoms with Crippen molar-refractivity contribution in [2.45, 2.75) is 45.6 Å². The number of ether oxygens (including phenoxy) is 1. The monoisotopic (exact) mass is 446 g/mol. The average Bonchev–Trinajstić information content (AvgIpc) is 2.77. The second-order valence-electron chi connectivity index (χ2n) is 9.22. The van der Waals surface area contributed by atoms with Gasteiger partial charge in [0.25, 0.3) is 0 Å². The van der Waals surface area contributed by atoms with Crippen molar-refractivity contribution in [3.63, 3.8) is 0 Å². The maximum absolute atomic E-state index is 12.4. The Balaban J connectivity index is 1.55. The highest BCUT2D eigenvalue weighted by atomic mass is 16.6. The first-order chi connectivity index (χ1) is 15.8. The van der Waals surface area contributed by atoms with E-state index < -0.39 is 5.60 Å². The van der Waals surface area contributed by atoms with Crippen LogP contribution in [-0.2, 0) is 16.0 Å². The van der Waals surface area contributed by atoms with Crippen LogP contribution in [0.2, 0.25) is 0 Å². The molecule has 5 nitrogen and oxygen atoms in total. The van der Waals surface area contributed by atoms with Crippen molar-refractivity contribution in [1.29, 1.82) is 0 Å². The molecule has 0 unspecified atom stereocenters. The van der Waals surface area contributed by atoms with E-state index in [0.29, 0.717) is 32.5 Å². The fourth-order valence-electron chi connectivity index (χ4n) is 3.96. The summed E-state index contributed by atoms with van der Waals surface area (Å²) in [6.07, 6.45) is 2.96. The molecule has 0 aliphatic heterocycles. The number of carbonyl (C=O) groups is 2. The number of benzene rings is 3. The molecule has 0 heterocycles. The maximum atomic E-state index is 12.4. The second kappa shape index (κ2) is 11.0. The van der Waals surface area contributed by atoms with E-state index in [-0.39, 0.29) is 12.0 Å². The van der Waals surface area contributed by atoms with Gasteiger partial charge in [0, 0.05) is 26.1 Å². The molecule has 0 saturated heterocycles. The minimum absolute atomic E-state index is 0.0118. The Hall–Kier alpha value is -3.34. The largest absolute Gasteiger partial charge is 0.444 e. The number of fused-ring (bicyclic) bond motifs is 2. The van der Waals surface area contributed by atoms with Gasteiger partial charge in [0.2, 0.25) is 5.91 Å². The van der Waals surface area contributed by atoms with E-state index in [9.17, 15) is 9.59 Å². The molecule has 3 aromatic carbocycles. The Kier molecular flexibility index (Phi) is 8.10. The van der Waals surface area contributed by atoms with Crippen LogP contribution >= 0.6 is 0 Å². The standard InChI is InChI=1S/C28H34N2O3/c1-5-18-30(27(32)33-28(2,3)4)19-10-15-26(31)29-17-16-25-23-13-8-6-11-21(23)20-22-12-7-9-14-24(22)25/h5-9,11-14,20H,1,10,15-19H2,2-4H3,(H,29,31). The molecule has 0 spiro atoms. The first-order valence-corrected chi connectivity index (χ1v) is 11.5. The van der Waals surface area contributed by atoms with Crippen molar-refractivity contribution in [2.24, 2.45) is 0 Å². The summed E-state index contributed by atoms with van der Waals surface area (Å²) < 4.78 is 5.43. The molecule has 0 radical (unpaired) electrons. The summed E-state index contributed by atoms with van der Waals surface area (Å²) in [6.45, 7) is 10.6. The molecular weight excluding hydrogens is 412 g/mol. The van der Waals surface area contributed by atoms with Crippen molar-refractivity contribution in [1.82, 2.24) is 10.2 Å². The topological polar surface area (TPSA) is 58.6 Å². The van der Waals surface area contributed by atoms with Gasteiger partial charge in [-0.15, -0.1) is 6.58 Å². The number of rotatable bonds is 9. The Morgan fingerprint density at radius 2 is 1.64 bits per heavy atom. The molecule has 2 amide bonds. The van der Waals surface area contributed by atoms with E-state index in [1.165, 1.54) is 27.1 Å². The van der Waals surface area contributed by atoms with Crippen molar-refractivity contribution < 1.29 is 14.3 Å². The van der Waals surface area contributed by atoms with Crippen LogP contribution in [0.3, 0.4) is 0 Å². The quantitative estimate of drug-likeness (QED) is 0.331. The molecule has 33 heavy (non-hydrogen) atoms. The second-order valence-corrected chi connectivity index (χ2v) is 9.22. The third-order valence-electron chi connectivity index (χ3n) is 5.41. The predicted molar refractivity (Wildman–Crippen MR) is 135 cm³/mol. The molecular formula is C28H34N2O3. The normalized spacial score (nSPS) is 11.4. The number of hydrogen-bond acceptors (Lipinski definition) is 3. The zero-order chi connectivity index (χ0) is 23.8. The van der Waals surface area contributed by atoms with Crippen molar-refractivity contribution in [2.75, 3.05) is 19.6 Å². The molecule has 0 fully saturated rings. The molecule has 1 N–H and O–H groups in total. The summed E-state index contributed by atoms with van der Waals surface area (Å²) in [7, 11) is 0. The predicted octanol–water partition coefficient (Wildman–Crippen LogP) is 5.86. The maximum Gasteiger partial charge on any atom is 0.410 e. The lowest BCUT2D eigenvalue weighted by Crippen LogP contribution is -2.38. The fraction of sp³-hybridized carbons (Fsp3) is 0.357. The molecule has 0 bridgehead atoms. The lowest BCUT2D eigenvalue weighted by atomic mass is 9.95. The highest BCUT2D eigenvalue weighted by molar-refractivity contribution is 6.02. The van der Waals surface area contributed by atoms with Gasteiger partial charge >= 0.3 is 6.09 Å². The SMILES string of the molecule is C=CCN(CCCC(=O)NCCc1c2ccccc2cc2ccccc12)C(=O)OC(C)(C)C. The molecule has 0 aliphatic rings. The van der Waals surface area contributed by atoms with Crippen molar-refractivity contribution >= 4 is 33.5 Å². The summed E-state index contributed by atoms with van der Waals surface area (Å²) in [4.78, 5) is 26.3. The first kappa shape index (κ1) is 24.3. The lowest BCUT2D eigenvalue weighted by Gasteiger charge is -2.26. The molecule has 3 rings (SSSR count). The minimum atomic E-state index is -0.556. The van der Waals surface area contributed by atoms with Gasteiger partial charge < -0.3 is 15.0 Å². The Labute approximate surface area is 196 Å². The summed E-state index contributed by atoms with van der Waals surface area (Å²) in [5, 5.41) is 7.91. The van der Waals surface area contributed by atoms with Gasteiger partial charge in [-0.3, -0.25) is 4.79 Å². The molecule has 174 valence electrons. The van der Waals surface area contributed by atoms with Crippen LogP contribution in [0.1, 0.15) is 39.2 Å². The smallest absolute Gasteiger partial charge is 0.410 e. The van der Waals surface area contributed by atoms with Gasteiger partial charge in [0.1, 0.15) is 5.60 Å². The van der Waals surface area contributed by atoms with E-state index in [1.807, 2.05) is 20.8 Å². The first-order valence-electron chi connectivity index (χ1n) is 11.5. The lowest BCUT2D eigenvalue weighted by molar-refractivity contribution is -0.121. The van der Waals surface area contributed by atoms with E-state index in [1.54, 1.807) is 11.0 Å². The number of nitrogens with one attached hydrogen (secondary N) is 1. The van der Waals surface area contributed by atoms with Crippen molar-refractivity contribution in [3.8, 4) is 0 Å². The van der Waals surface area contributed by atoms with Gasteiger partial charge in [-0.05, 0) is 66.8 Å². The average molecular weight is 447 g/mol. The van der Waals surface area contributed by atoms with E-state index in [2.05, 4.69) is 66.5 Å². The summed E-state index contributed by atoms with van der Waals surface area (Å²) in [6, 6.07) is 19.0. The molecule has 0 aromatic heterocycles. The van der Waals surface area contributed by atoms with Crippen LogP contribution in [0.4, 0.5) is 4.79 Å².